The lowest BCUT2D eigenvalue weighted by atomic mass is 9.83. The smallest absolute Gasteiger partial charge is 0.338 e. The molecule has 2 rings (SSSR count). The lowest BCUT2D eigenvalue weighted by molar-refractivity contribution is -0.111. The molecule has 102 valence electrons. The first-order chi connectivity index (χ1) is 8.85. The highest BCUT2D eigenvalue weighted by atomic mass is 16.4. The summed E-state index contributed by atoms with van der Waals surface area (Å²) in [5.41, 5.74) is -1.08. The zero-order valence-electron chi connectivity index (χ0n) is 10.8. The van der Waals surface area contributed by atoms with E-state index >= 15 is 0 Å². The topological polar surface area (TPSA) is 90.7 Å². The minimum Gasteiger partial charge on any atom is -0.478 e. The number of pyridine rings is 1. The molecule has 1 aromatic rings. The first-order valence-corrected chi connectivity index (χ1v) is 6.05. The molecule has 1 amide bonds. The van der Waals surface area contributed by atoms with Gasteiger partial charge in [-0.05, 0) is 18.1 Å². The highest BCUT2D eigenvalue weighted by Crippen LogP contribution is 2.29. The van der Waals surface area contributed by atoms with Gasteiger partial charge in [-0.1, -0.05) is 13.8 Å². The molecule has 0 aliphatic carbocycles. The maximum atomic E-state index is 12.2. The number of likely N-dealkylation sites (tertiary alicyclic amines) is 1. The van der Waals surface area contributed by atoms with Gasteiger partial charge >= 0.3 is 5.97 Å². The van der Waals surface area contributed by atoms with Crippen molar-refractivity contribution in [3.63, 3.8) is 0 Å². The Morgan fingerprint density at radius 1 is 1.42 bits per heavy atom. The monoisotopic (exact) mass is 264 g/mol. The van der Waals surface area contributed by atoms with E-state index in [1.165, 1.54) is 23.2 Å². The average molecular weight is 264 g/mol. The van der Waals surface area contributed by atoms with Crippen LogP contribution in [0.4, 0.5) is 0 Å². The maximum Gasteiger partial charge on any atom is 0.338 e. The lowest BCUT2D eigenvalue weighted by Crippen LogP contribution is -2.66. The van der Waals surface area contributed by atoms with Crippen molar-refractivity contribution in [3.05, 3.63) is 29.6 Å². The maximum absolute atomic E-state index is 12.2. The van der Waals surface area contributed by atoms with Gasteiger partial charge in [-0.25, -0.2) is 4.79 Å². The predicted molar refractivity (Wildman–Crippen MR) is 66.9 cm³/mol. The molecule has 6 heteroatoms. The van der Waals surface area contributed by atoms with Crippen LogP contribution in [0, 0.1) is 5.92 Å². The number of aromatic nitrogens is 1. The lowest BCUT2D eigenvalue weighted by Gasteiger charge is -2.48. The highest BCUT2D eigenvalue weighted by Gasteiger charge is 2.46. The highest BCUT2D eigenvalue weighted by molar-refractivity contribution is 6.03. The Labute approximate surface area is 110 Å². The molecule has 1 fully saturated rings. The summed E-state index contributed by atoms with van der Waals surface area (Å²) < 4.78 is 0. The second kappa shape index (κ2) is 4.62. The molecule has 0 spiro atoms. The van der Waals surface area contributed by atoms with E-state index in [1.54, 1.807) is 0 Å². The minimum absolute atomic E-state index is 0.0410. The fraction of sp³-hybridized carbons (Fsp3) is 0.462. The van der Waals surface area contributed by atoms with E-state index in [2.05, 4.69) is 4.98 Å². The van der Waals surface area contributed by atoms with Crippen molar-refractivity contribution >= 4 is 11.9 Å². The quantitative estimate of drug-likeness (QED) is 0.835. The number of rotatable bonds is 3. The molecule has 2 heterocycles. The van der Waals surface area contributed by atoms with Crippen molar-refractivity contribution in [2.45, 2.75) is 19.4 Å². The number of aromatic carboxylic acids is 1. The number of carbonyl (C=O) groups excluding carboxylic acids is 1. The van der Waals surface area contributed by atoms with Crippen molar-refractivity contribution in [1.29, 1.82) is 0 Å². The van der Waals surface area contributed by atoms with E-state index in [4.69, 9.17) is 5.11 Å². The van der Waals surface area contributed by atoms with E-state index in [0.29, 0.717) is 0 Å². The average Bonchev–Trinajstić information content (AvgIpc) is 2.33. The van der Waals surface area contributed by atoms with Crippen molar-refractivity contribution < 1.29 is 19.8 Å². The van der Waals surface area contributed by atoms with Gasteiger partial charge < -0.3 is 15.1 Å². The zero-order chi connectivity index (χ0) is 14.2. The molecule has 0 saturated carbocycles. The minimum atomic E-state index is -1.18. The number of hydrogen-bond donors (Lipinski definition) is 2. The van der Waals surface area contributed by atoms with Crippen LogP contribution in [-0.4, -0.2) is 50.7 Å². The SMILES string of the molecule is CC(C)C1(O)CN(C(=O)c2ncccc2C(=O)O)C1. The predicted octanol–water partition coefficient (Wildman–Crippen LogP) is 0.623. The van der Waals surface area contributed by atoms with Crippen LogP contribution < -0.4 is 0 Å². The third kappa shape index (κ3) is 2.31. The molecule has 19 heavy (non-hydrogen) atoms. The second-order valence-corrected chi connectivity index (χ2v) is 5.12. The fourth-order valence-electron chi connectivity index (χ4n) is 2.02. The number of aliphatic hydroxyl groups is 1. The summed E-state index contributed by atoms with van der Waals surface area (Å²) in [5.74, 6) is -1.60. The van der Waals surface area contributed by atoms with Crippen LogP contribution in [0.2, 0.25) is 0 Å². The third-order valence-electron chi connectivity index (χ3n) is 3.53. The van der Waals surface area contributed by atoms with Crippen LogP contribution in [-0.2, 0) is 0 Å². The molecule has 2 N–H and O–H groups in total. The Morgan fingerprint density at radius 3 is 2.58 bits per heavy atom. The molecule has 0 atom stereocenters. The number of carbonyl (C=O) groups is 2. The van der Waals surface area contributed by atoms with Gasteiger partial charge in [-0.15, -0.1) is 0 Å². The number of amides is 1. The van der Waals surface area contributed by atoms with Crippen LogP contribution in [0.1, 0.15) is 34.7 Å². The summed E-state index contributed by atoms with van der Waals surface area (Å²) in [6.45, 7) is 4.18. The first-order valence-electron chi connectivity index (χ1n) is 6.05. The van der Waals surface area contributed by atoms with Crippen molar-refractivity contribution in [2.75, 3.05) is 13.1 Å². The molecule has 0 radical (unpaired) electrons. The van der Waals surface area contributed by atoms with Gasteiger partial charge in [0.2, 0.25) is 0 Å². The number of carboxylic acids is 1. The Morgan fingerprint density at radius 2 is 2.05 bits per heavy atom. The molecule has 0 bridgehead atoms. The number of carboxylic acid groups (broad SMARTS) is 1. The normalized spacial score (nSPS) is 17.2. The van der Waals surface area contributed by atoms with E-state index < -0.39 is 17.5 Å². The summed E-state index contributed by atoms with van der Waals surface area (Å²) in [7, 11) is 0. The zero-order valence-corrected chi connectivity index (χ0v) is 10.8. The molecule has 1 aliphatic heterocycles. The van der Waals surface area contributed by atoms with Crippen molar-refractivity contribution in [1.82, 2.24) is 9.88 Å². The van der Waals surface area contributed by atoms with Crippen LogP contribution in [0.5, 0.6) is 0 Å². The molecule has 1 aromatic heterocycles. The summed E-state index contributed by atoms with van der Waals surface area (Å²) in [6.07, 6.45) is 1.38. The molecular formula is C13H16N2O4. The van der Waals surface area contributed by atoms with Gasteiger partial charge in [0.15, 0.2) is 0 Å². The summed E-state index contributed by atoms with van der Waals surface area (Å²) in [4.78, 5) is 28.4. The summed E-state index contributed by atoms with van der Waals surface area (Å²) in [6, 6.07) is 2.82. The van der Waals surface area contributed by atoms with Crippen LogP contribution in [0.3, 0.4) is 0 Å². The molecule has 6 nitrogen and oxygen atoms in total. The molecule has 1 aliphatic rings. The Hall–Kier alpha value is -1.95. The fourth-order valence-corrected chi connectivity index (χ4v) is 2.02. The van der Waals surface area contributed by atoms with Crippen LogP contribution in [0.15, 0.2) is 18.3 Å². The van der Waals surface area contributed by atoms with Crippen LogP contribution >= 0.6 is 0 Å². The standard InChI is InChI=1S/C13H16N2O4/c1-8(2)13(19)6-15(7-13)11(16)10-9(12(17)18)4-3-5-14-10/h3-5,8,19H,6-7H2,1-2H3,(H,17,18). The van der Waals surface area contributed by atoms with Gasteiger partial charge in [0.05, 0.1) is 18.7 Å². The molecule has 0 unspecified atom stereocenters. The van der Waals surface area contributed by atoms with Gasteiger partial charge in [0.1, 0.15) is 11.3 Å². The van der Waals surface area contributed by atoms with E-state index in [1.807, 2.05) is 13.8 Å². The second-order valence-electron chi connectivity index (χ2n) is 5.12. The first kappa shape index (κ1) is 13.5. The van der Waals surface area contributed by atoms with Crippen molar-refractivity contribution in [3.8, 4) is 0 Å². The van der Waals surface area contributed by atoms with Crippen LogP contribution in [0.25, 0.3) is 0 Å². The van der Waals surface area contributed by atoms with E-state index in [-0.39, 0.29) is 30.3 Å². The number of hydrogen-bond acceptors (Lipinski definition) is 4. The number of β-amino-alcohol motifs (C(OH)–C–C–N with tert-alkyl or cyclic N) is 1. The van der Waals surface area contributed by atoms with Gasteiger partial charge in [0.25, 0.3) is 5.91 Å². The van der Waals surface area contributed by atoms with Gasteiger partial charge in [-0.3, -0.25) is 9.78 Å². The Kier molecular flexibility index (Phi) is 3.28. The van der Waals surface area contributed by atoms with Crippen molar-refractivity contribution in [2.24, 2.45) is 5.92 Å². The van der Waals surface area contributed by atoms with E-state index in [0.717, 1.165) is 0 Å². The van der Waals surface area contributed by atoms with Gasteiger partial charge in [-0.2, -0.15) is 0 Å². The Bertz CT molecular complexity index is 521. The summed E-state index contributed by atoms with van der Waals surface area (Å²) >= 11 is 0. The molecule has 1 saturated heterocycles. The van der Waals surface area contributed by atoms with Gasteiger partial charge in [0, 0.05) is 6.20 Å². The molecule has 0 aromatic carbocycles. The number of nitrogens with zero attached hydrogens (tertiary/aromatic N) is 2. The summed E-state index contributed by atoms with van der Waals surface area (Å²) in [5, 5.41) is 19.1. The largest absolute Gasteiger partial charge is 0.478 e. The molecular weight excluding hydrogens is 248 g/mol. The van der Waals surface area contributed by atoms with E-state index in [9.17, 15) is 14.7 Å². The Balaban J connectivity index is 2.17. The third-order valence-corrected chi connectivity index (χ3v) is 3.53.